The summed E-state index contributed by atoms with van der Waals surface area (Å²) in [6.45, 7) is 2.39. The van der Waals surface area contributed by atoms with Crippen LogP contribution in [-0.4, -0.2) is 41.0 Å². The van der Waals surface area contributed by atoms with Gasteiger partial charge in [0.1, 0.15) is 5.75 Å². The van der Waals surface area contributed by atoms with Crippen LogP contribution in [0.15, 0.2) is 48.9 Å². The van der Waals surface area contributed by atoms with Crippen molar-refractivity contribution in [1.82, 2.24) is 14.9 Å². The second-order valence-corrected chi connectivity index (χ2v) is 7.56. The number of pyridine rings is 1. The van der Waals surface area contributed by atoms with Crippen molar-refractivity contribution < 1.29 is 14.3 Å². The van der Waals surface area contributed by atoms with Gasteiger partial charge in [-0.1, -0.05) is 0 Å². The van der Waals surface area contributed by atoms with E-state index in [4.69, 9.17) is 4.74 Å². The van der Waals surface area contributed by atoms with E-state index < -0.39 is 0 Å². The highest BCUT2D eigenvalue weighted by atomic mass is 32.1. The lowest BCUT2D eigenvalue weighted by atomic mass is 10.2. The summed E-state index contributed by atoms with van der Waals surface area (Å²) in [5.74, 6) is 0.133. The lowest BCUT2D eigenvalue weighted by molar-refractivity contribution is 0.102. The quantitative estimate of drug-likeness (QED) is 0.644. The van der Waals surface area contributed by atoms with Gasteiger partial charge < -0.3 is 20.3 Å². The minimum atomic E-state index is -0.298. The number of thiazole rings is 1. The van der Waals surface area contributed by atoms with E-state index in [9.17, 15) is 9.59 Å². The highest BCUT2D eigenvalue weighted by molar-refractivity contribution is 7.11. The Balaban J connectivity index is 1.66. The molecule has 0 fully saturated rings. The summed E-state index contributed by atoms with van der Waals surface area (Å²) in [5.41, 5.74) is 1.48. The number of urea groups is 1. The van der Waals surface area contributed by atoms with Crippen molar-refractivity contribution in [3.63, 3.8) is 0 Å². The van der Waals surface area contributed by atoms with E-state index in [1.165, 1.54) is 13.3 Å². The lowest BCUT2D eigenvalue weighted by Gasteiger charge is -2.18. The second kappa shape index (κ2) is 9.16. The van der Waals surface area contributed by atoms with Gasteiger partial charge in [0.15, 0.2) is 0 Å². The minimum Gasteiger partial charge on any atom is -0.494 e. The van der Waals surface area contributed by atoms with Gasteiger partial charge in [-0.25, -0.2) is 9.78 Å². The summed E-state index contributed by atoms with van der Waals surface area (Å²) in [6.07, 6.45) is 4.85. The van der Waals surface area contributed by atoms with Crippen molar-refractivity contribution in [1.29, 1.82) is 0 Å². The van der Waals surface area contributed by atoms with Crippen LogP contribution in [0.1, 0.15) is 20.2 Å². The van der Waals surface area contributed by atoms with Crippen molar-refractivity contribution in [2.24, 2.45) is 0 Å². The van der Waals surface area contributed by atoms with E-state index in [2.05, 4.69) is 20.6 Å². The second-order valence-electron chi connectivity index (χ2n) is 6.24. The first kappa shape index (κ1) is 20.3. The van der Waals surface area contributed by atoms with E-state index >= 15 is 0 Å². The number of hydrogen-bond acceptors (Lipinski definition) is 6. The first-order valence-electron chi connectivity index (χ1n) is 8.79. The summed E-state index contributed by atoms with van der Waals surface area (Å²) >= 11 is 1.55. The zero-order chi connectivity index (χ0) is 20.8. The molecule has 3 aromatic rings. The number of carbonyl (C=O) groups excluding carboxylic acids is 2. The van der Waals surface area contributed by atoms with E-state index in [1.807, 2.05) is 6.92 Å². The molecular weight excluding hydrogens is 390 g/mol. The summed E-state index contributed by atoms with van der Waals surface area (Å²) in [5, 5.41) is 6.57. The highest BCUT2D eigenvalue weighted by Gasteiger charge is 2.14. The average Bonchev–Trinajstić information content (AvgIpc) is 3.14. The number of nitrogens with zero attached hydrogens (tertiary/aromatic N) is 3. The largest absolute Gasteiger partial charge is 0.494 e. The standard InChI is InChI=1S/C20H21N5O3S/c1-13-22-11-16(29-13)12-25(2)20(27)23-15-6-7-17(18(9-15)28-3)24-19(26)14-5-4-8-21-10-14/h4-11H,12H2,1-3H3,(H,23,27)(H,24,26). The molecule has 0 saturated heterocycles. The third-order valence-electron chi connectivity index (χ3n) is 4.03. The van der Waals surface area contributed by atoms with Crippen LogP contribution in [0.5, 0.6) is 5.75 Å². The fourth-order valence-electron chi connectivity index (χ4n) is 2.57. The Hall–Kier alpha value is -3.46. The maximum absolute atomic E-state index is 12.5. The molecule has 0 spiro atoms. The van der Waals surface area contributed by atoms with Gasteiger partial charge in [-0.05, 0) is 31.2 Å². The summed E-state index contributed by atoms with van der Waals surface area (Å²) < 4.78 is 5.36. The van der Waals surface area contributed by atoms with Gasteiger partial charge in [-0.3, -0.25) is 9.78 Å². The Morgan fingerprint density at radius 3 is 2.69 bits per heavy atom. The Morgan fingerprint density at radius 2 is 2.03 bits per heavy atom. The molecule has 1 aromatic carbocycles. The summed E-state index contributed by atoms with van der Waals surface area (Å²) in [6, 6.07) is 8.13. The number of methoxy groups -OCH3 is 1. The maximum Gasteiger partial charge on any atom is 0.321 e. The third kappa shape index (κ3) is 5.29. The Morgan fingerprint density at radius 1 is 1.21 bits per heavy atom. The van der Waals surface area contributed by atoms with Crippen LogP contribution >= 0.6 is 11.3 Å². The number of carbonyl (C=O) groups is 2. The highest BCUT2D eigenvalue weighted by Crippen LogP contribution is 2.28. The number of nitrogens with one attached hydrogen (secondary N) is 2. The molecule has 9 heteroatoms. The number of aryl methyl sites for hydroxylation is 1. The number of anilines is 2. The molecule has 3 rings (SSSR count). The van der Waals surface area contributed by atoms with Crippen LogP contribution in [0.2, 0.25) is 0 Å². The number of benzene rings is 1. The number of hydrogen-bond donors (Lipinski definition) is 2. The molecule has 0 unspecified atom stereocenters. The Bertz CT molecular complexity index is 1010. The number of aromatic nitrogens is 2. The van der Waals surface area contributed by atoms with Gasteiger partial charge in [0.05, 0.1) is 29.9 Å². The van der Waals surface area contributed by atoms with Gasteiger partial charge in [-0.15, -0.1) is 11.3 Å². The van der Waals surface area contributed by atoms with Crippen LogP contribution in [0, 0.1) is 6.92 Å². The van der Waals surface area contributed by atoms with E-state index in [-0.39, 0.29) is 11.9 Å². The van der Waals surface area contributed by atoms with Crippen LogP contribution < -0.4 is 15.4 Å². The molecule has 2 aromatic heterocycles. The summed E-state index contributed by atoms with van der Waals surface area (Å²) in [7, 11) is 3.21. The molecular formula is C20H21N5O3S. The van der Waals surface area contributed by atoms with Crippen LogP contribution in [-0.2, 0) is 6.54 Å². The van der Waals surface area contributed by atoms with Gasteiger partial charge in [0, 0.05) is 42.3 Å². The molecule has 29 heavy (non-hydrogen) atoms. The van der Waals surface area contributed by atoms with Crippen molar-refractivity contribution >= 4 is 34.6 Å². The van der Waals surface area contributed by atoms with E-state index in [0.29, 0.717) is 29.2 Å². The predicted molar refractivity (Wildman–Crippen MR) is 113 cm³/mol. The van der Waals surface area contributed by atoms with E-state index in [1.54, 1.807) is 66.0 Å². The lowest BCUT2D eigenvalue weighted by Crippen LogP contribution is -2.30. The van der Waals surface area contributed by atoms with Crippen LogP contribution in [0.25, 0.3) is 0 Å². The fourth-order valence-corrected chi connectivity index (χ4v) is 3.42. The van der Waals surface area contributed by atoms with Gasteiger partial charge in [0.2, 0.25) is 0 Å². The molecule has 8 nitrogen and oxygen atoms in total. The molecule has 2 heterocycles. The molecule has 0 aliphatic carbocycles. The monoisotopic (exact) mass is 411 g/mol. The molecule has 0 radical (unpaired) electrons. The van der Waals surface area contributed by atoms with Crippen molar-refractivity contribution in [3.05, 3.63) is 64.4 Å². The molecule has 0 aliphatic heterocycles. The zero-order valence-corrected chi connectivity index (χ0v) is 17.1. The average molecular weight is 411 g/mol. The van der Waals surface area contributed by atoms with Crippen LogP contribution in [0.4, 0.5) is 16.2 Å². The first-order chi connectivity index (χ1) is 14.0. The molecule has 0 bridgehead atoms. The van der Waals surface area contributed by atoms with Crippen LogP contribution in [0.3, 0.4) is 0 Å². The molecule has 2 N–H and O–H groups in total. The molecule has 150 valence electrons. The third-order valence-corrected chi connectivity index (χ3v) is 4.93. The molecule has 0 atom stereocenters. The molecule has 3 amide bonds. The fraction of sp³-hybridized carbons (Fsp3) is 0.200. The number of ether oxygens (including phenoxy) is 1. The van der Waals surface area contributed by atoms with Gasteiger partial charge >= 0.3 is 6.03 Å². The molecule has 0 aliphatic rings. The topological polar surface area (TPSA) is 96.5 Å². The Labute approximate surface area is 172 Å². The summed E-state index contributed by atoms with van der Waals surface area (Å²) in [4.78, 5) is 35.5. The van der Waals surface area contributed by atoms with Crippen molar-refractivity contribution in [2.45, 2.75) is 13.5 Å². The predicted octanol–water partition coefficient (Wildman–Crippen LogP) is 3.77. The van der Waals surface area contributed by atoms with Crippen molar-refractivity contribution in [3.8, 4) is 5.75 Å². The van der Waals surface area contributed by atoms with E-state index in [0.717, 1.165) is 9.88 Å². The maximum atomic E-state index is 12.5. The normalized spacial score (nSPS) is 10.3. The van der Waals surface area contributed by atoms with Gasteiger partial charge in [-0.2, -0.15) is 0 Å². The molecule has 0 saturated carbocycles. The number of amides is 3. The smallest absolute Gasteiger partial charge is 0.321 e. The van der Waals surface area contributed by atoms with Crippen molar-refractivity contribution in [2.75, 3.05) is 24.8 Å². The zero-order valence-electron chi connectivity index (χ0n) is 16.3. The number of rotatable bonds is 6. The van der Waals surface area contributed by atoms with Gasteiger partial charge in [0.25, 0.3) is 5.91 Å². The first-order valence-corrected chi connectivity index (χ1v) is 9.60. The minimum absolute atomic E-state index is 0.259. The Kier molecular flexibility index (Phi) is 6.40. The SMILES string of the molecule is COc1cc(NC(=O)N(C)Cc2cnc(C)s2)ccc1NC(=O)c1cccnc1.